The van der Waals surface area contributed by atoms with Crippen LogP contribution in [0, 0.1) is 12.8 Å². The number of benzene rings is 1. The number of aromatic amines is 1. The number of hydrogen-bond acceptors (Lipinski definition) is 3. The molecule has 6 nitrogen and oxygen atoms in total. The van der Waals surface area contributed by atoms with Crippen LogP contribution in [-0.2, 0) is 34.4 Å². The van der Waals surface area contributed by atoms with E-state index in [2.05, 4.69) is 24.0 Å². The highest BCUT2D eigenvalue weighted by molar-refractivity contribution is 6.10. The molecule has 1 aromatic carbocycles. The second kappa shape index (κ2) is 6.44. The number of imidazole rings is 1. The fourth-order valence-electron chi connectivity index (χ4n) is 5.08. The van der Waals surface area contributed by atoms with E-state index in [4.69, 9.17) is 4.98 Å². The molecule has 2 amide bonds. The minimum atomic E-state index is -0.599. The molecular formula is C23H28N4O2. The van der Waals surface area contributed by atoms with Gasteiger partial charge in [-0.25, -0.2) is 4.98 Å². The Hall–Kier alpha value is -2.63. The molecule has 2 aromatic rings. The Labute approximate surface area is 171 Å². The topological polar surface area (TPSA) is 69.3 Å². The van der Waals surface area contributed by atoms with Gasteiger partial charge in [-0.2, -0.15) is 0 Å². The SMILES string of the molecule is Cc1ccc2c(c1)C1(CN(C(=O)C(C)C)C1)C(=O)N2Cc1nc2c([nH]1)CCCC2. The summed E-state index contributed by atoms with van der Waals surface area (Å²) >= 11 is 0. The zero-order chi connectivity index (χ0) is 20.3. The highest BCUT2D eigenvalue weighted by atomic mass is 16.2. The summed E-state index contributed by atoms with van der Waals surface area (Å²) in [5.74, 6) is 1.03. The van der Waals surface area contributed by atoms with Gasteiger partial charge >= 0.3 is 0 Å². The number of nitrogens with zero attached hydrogens (tertiary/aromatic N) is 3. The zero-order valence-corrected chi connectivity index (χ0v) is 17.4. The van der Waals surface area contributed by atoms with Gasteiger partial charge in [0.2, 0.25) is 11.8 Å². The Balaban J connectivity index is 1.46. The van der Waals surface area contributed by atoms with Crippen LogP contribution >= 0.6 is 0 Å². The van der Waals surface area contributed by atoms with E-state index in [1.165, 1.54) is 18.5 Å². The predicted molar refractivity (Wildman–Crippen MR) is 111 cm³/mol. The average Bonchev–Trinajstić information content (AvgIpc) is 3.17. The van der Waals surface area contributed by atoms with Crippen molar-refractivity contribution in [2.45, 2.75) is 58.4 Å². The zero-order valence-electron chi connectivity index (χ0n) is 17.4. The van der Waals surface area contributed by atoms with Gasteiger partial charge < -0.3 is 14.8 Å². The molecule has 0 saturated carbocycles. The first-order valence-electron chi connectivity index (χ1n) is 10.7. The fourth-order valence-corrected chi connectivity index (χ4v) is 5.08. The van der Waals surface area contributed by atoms with Crippen LogP contribution in [0.3, 0.4) is 0 Å². The van der Waals surface area contributed by atoms with E-state index >= 15 is 0 Å². The number of nitrogens with one attached hydrogen (secondary N) is 1. The molecule has 1 aromatic heterocycles. The van der Waals surface area contributed by atoms with Crippen LogP contribution in [0.5, 0.6) is 0 Å². The largest absolute Gasteiger partial charge is 0.344 e. The van der Waals surface area contributed by atoms with Crippen LogP contribution in [0.2, 0.25) is 0 Å². The molecule has 5 rings (SSSR count). The normalized spacial score (nSPS) is 19.5. The van der Waals surface area contributed by atoms with Crippen molar-refractivity contribution >= 4 is 17.5 Å². The van der Waals surface area contributed by atoms with Crippen molar-refractivity contribution in [1.29, 1.82) is 0 Å². The highest BCUT2D eigenvalue weighted by Gasteiger charge is 2.59. The van der Waals surface area contributed by atoms with Crippen LogP contribution in [0.15, 0.2) is 18.2 Å². The number of aryl methyl sites for hydroxylation is 3. The molecule has 152 valence electrons. The van der Waals surface area contributed by atoms with E-state index in [0.29, 0.717) is 19.6 Å². The molecule has 0 bridgehead atoms. The van der Waals surface area contributed by atoms with Gasteiger partial charge in [-0.3, -0.25) is 9.59 Å². The lowest BCUT2D eigenvalue weighted by atomic mass is 9.74. The quantitative estimate of drug-likeness (QED) is 0.873. The van der Waals surface area contributed by atoms with E-state index in [9.17, 15) is 9.59 Å². The fraction of sp³-hybridized carbons (Fsp3) is 0.522. The standard InChI is InChI=1S/C23H28N4O2/c1-14(2)21(28)26-12-23(13-26)16-10-15(3)8-9-19(16)27(22(23)29)11-20-24-17-6-4-5-7-18(17)25-20/h8-10,14H,4-7,11-13H2,1-3H3,(H,24,25). The molecule has 1 fully saturated rings. The average molecular weight is 393 g/mol. The summed E-state index contributed by atoms with van der Waals surface area (Å²) in [6.07, 6.45) is 4.45. The van der Waals surface area contributed by atoms with Crippen molar-refractivity contribution in [3.05, 3.63) is 46.5 Å². The smallest absolute Gasteiger partial charge is 0.241 e. The van der Waals surface area contributed by atoms with E-state index in [1.54, 1.807) is 0 Å². The van der Waals surface area contributed by atoms with Gasteiger partial charge in [0.15, 0.2) is 0 Å². The lowest BCUT2D eigenvalue weighted by molar-refractivity contribution is -0.146. The molecule has 3 heterocycles. The van der Waals surface area contributed by atoms with Gasteiger partial charge in [0.25, 0.3) is 0 Å². The number of likely N-dealkylation sites (tertiary alicyclic amines) is 1. The van der Waals surface area contributed by atoms with Crippen molar-refractivity contribution in [3.8, 4) is 0 Å². The van der Waals surface area contributed by atoms with Crippen LogP contribution in [-0.4, -0.2) is 39.8 Å². The monoisotopic (exact) mass is 392 g/mol. The van der Waals surface area contributed by atoms with Gasteiger partial charge in [-0.15, -0.1) is 0 Å². The van der Waals surface area contributed by atoms with Crippen molar-refractivity contribution in [2.24, 2.45) is 5.92 Å². The molecule has 0 atom stereocenters. The number of amides is 2. The summed E-state index contributed by atoms with van der Waals surface area (Å²) in [7, 11) is 0. The first-order chi connectivity index (χ1) is 13.9. The Morgan fingerprint density at radius 1 is 1.24 bits per heavy atom. The van der Waals surface area contributed by atoms with Crippen LogP contribution in [0.1, 0.15) is 55.0 Å². The van der Waals surface area contributed by atoms with Crippen LogP contribution < -0.4 is 4.90 Å². The minimum Gasteiger partial charge on any atom is -0.344 e. The summed E-state index contributed by atoms with van der Waals surface area (Å²) in [6.45, 7) is 7.29. The van der Waals surface area contributed by atoms with E-state index in [0.717, 1.165) is 41.2 Å². The molecule has 6 heteroatoms. The van der Waals surface area contributed by atoms with E-state index in [-0.39, 0.29) is 17.7 Å². The van der Waals surface area contributed by atoms with Crippen molar-refractivity contribution in [3.63, 3.8) is 0 Å². The Morgan fingerprint density at radius 3 is 2.72 bits per heavy atom. The van der Waals surface area contributed by atoms with Crippen molar-refractivity contribution in [1.82, 2.24) is 14.9 Å². The molecule has 1 saturated heterocycles. The summed E-state index contributed by atoms with van der Waals surface area (Å²) in [5.41, 5.74) is 4.96. The number of rotatable bonds is 3. The van der Waals surface area contributed by atoms with Gasteiger partial charge in [0.1, 0.15) is 11.2 Å². The summed E-state index contributed by atoms with van der Waals surface area (Å²) in [5, 5.41) is 0. The van der Waals surface area contributed by atoms with E-state index < -0.39 is 5.41 Å². The number of hydrogen-bond donors (Lipinski definition) is 1. The van der Waals surface area contributed by atoms with Gasteiger partial charge in [-0.05, 0) is 44.2 Å². The Bertz CT molecular complexity index is 977. The second-order valence-corrected chi connectivity index (χ2v) is 9.16. The predicted octanol–water partition coefficient (Wildman–Crippen LogP) is 2.88. The maximum Gasteiger partial charge on any atom is 0.241 e. The molecular weight excluding hydrogens is 364 g/mol. The van der Waals surface area contributed by atoms with Gasteiger partial charge in [-0.1, -0.05) is 31.5 Å². The van der Waals surface area contributed by atoms with Crippen molar-refractivity contribution in [2.75, 3.05) is 18.0 Å². The Kier molecular flexibility index (Phi) is 4.09. The first-order valence-corrected chi connectivity index (χ1v) is 10.7. The Morgan fingerprint density at radius 2 is 2.00 bits per heavy atom. The molecule has 1 N–H and O–H groups in total. The number of H-pyrrole nitrogens is 1. The second-order valence-electron chi connectivity index (χ2n) is 9.16. The summed E-state index contributed by atoms with van der Waals surface area (Å²) in [4.78, 5) is 38.0. The number of aromatic nitrogens is 2. The third kappa shape index (κ3) is 2.72. The van der Waals surface area contributed by atoms with Crippen LogP contribution in [0.25, 0.3) is 0 Å². The molecule has 1 aliphatic carbocycles. The van der Waals surface area contributed by atoms with Crippen LogP contribution in [0.4, 0.5) is 5.69 Å². The summed E-state index contributed by atoms with van der Waals surface area (Å²) in [6, 6.07) is 6.23. The molecule has 0 radical (unpaired) electrons. The number of anilines is 1. The number of fused-ring (bicyclic) bond motifs is 3. The van der Waals surface area contributed by atoms with Gasteiger partial charge in [0.05, 0.1) is 12.2 Å². The first kappa shape index (κ1) is 18.4. The number of carbonyl (C=O) groups is 2. The molecule has 2 aliphatic heterocycles. The minimum absolute atomic E-state index is 0.0497. The lowest BCUT2D eigenvalue weighted by Crippen LogP contribution is -2.65. The molecule has 3 aliphatic rings. The highest BCUT2D eigenvalue weighted by Crippen LogP contribution is 2.48. The lowest BCUT2D eigenvalue weighted by Gasteiger charge is -2.47. The van der Waals surface area contributed by atoms with Gasteiger partial charge in [0, 0.05) is 30.4 Å². The summed E-state index contributed by atoms with van der Waals surface area (Å²) < 4.78 is 0. The molecule has 29 heavy (non-hydrogen) atoms. The third-order valence-electron chi connectivity index (χ3n) is 6.65. The third-order valence-corrected chi connectivity index (χ3v) is 6.65. The van der Waals surface area contributed by atoms with E-state index in [1.807, 2.05) is 29.7 Å². The molecule has 0 unspecified atom stereocenters. The number of carbonyl (C=O) groups excluding carboxylic acids is 2. The van der Waals surface area contributed by atoms with Crippen molar-refractivity contribution < 1.29 is 9.59 Å². The molecule has 1 spiro atoms. The maximum atomic E-state index is 13.6. The maximum absolute atomic E-state index is 13.6.